The van der Waals surface area contributed by atoms with Crippen LogP contribution in [0.3, 0.4) is 0 Å². The summed E-state index contributed by atoms with van der Waals surface area (Å²) >= 11 is 0. The van der Waals surface area contributed by atoms with Gasteiger partial charge in [-0.2, -0.15) is 0 Å². The summed E-state index contributed by atoms with van der Waals surface area (Å²) in [5.74, 6) is 0.0659. The highest BCUT2D eigenvalue weighted by Crippen LogP contribution is 1.99. The molecule has 0 aromatic heterocycles. The summed E-state index contributed by atoms with van der Waals surface area (Å²) < 4.78 is 0. The highest BCUT2D eigenvalue weighted by atomic mass is 16.1. The van der Waals surface area contributed by atoms with E-state index < -0.39 is 0 Å². The van der Waals surface area contributed by atoms with Crippen molar-refractivity contribution >= 4 is 5.78 Å². The maximum atomic E-state index is 10.9. The van der Waals surface area contributed by atoms with E-state index in [2.05, 4.69) is 6.58 Å². The van der Waals surface area contributed by atoms with Crippen molar-refractivity contribution in [2.24, 2.45) is 0 Å². The summed E-state index contributed by atoms with van der Waals surface area (Å²) in [5, 5.41) is 0. The molecule has 1 aromatic rings. The average Bonchev–Trinajstić information content (AvgIpc) is 2.06. The molecule has 0 fully saturated rings. The Morgan fingerprint density at radius 2 is 2.00 bits per heavy atom. The predicted molar refractivity (Wildman–Crippen MR) is 45.4 cm³/mol. The van der Waals surface area contributed by atoms with Crippen LogP contribution < -0.4 is 0 Å². The Hall–Kier alpha value is -1.37. The van der Waals surface area contributed by atoms with Crippen molar-refractivity contribution in [2.75, 3.05) is 0 Å². The second kappa shape index (κ2) is 3.71. The zero-order chi connectivity index (χ0) is 8.10. The van der Waals surface area contributed by atoms with Crippen molar-refractivity contribution < 1.29 is 4.79 Å². The maximum absolute atomic E-state index is 10.9. The number of rotatable bonds is 3. The Kier molecular flexibility index (Phi) is 2.61. The first-order valence-corrected chi connectivity index (χ1v) is 3.52. The number of hydrogen-bond acceptors (Lipinski definition) is 1. The minimum absolute atomic E-state index is 0.0659. The fraction of sp³-hybridized carbons (Fsp3) is 0.100. The Balaban J connectivity index is 2.65. The molecule has 0 saturated carbocycles. The zero-order valence-corrected chi connectivity index (χ0v) is 6.29. The molecule has 0 aliphatic carbocycles. The SMILES string of the molecule is C=CC(=O)Cc1ccccc1. The molecule has 0 spiro atoms. The molecule has 1 aromatic carbocycles. The highest BCUT2D eigenvalue weighted by Gasteiger charge is 1.95. The molecule has 0 heterocycles. The Morgan fingerprint density at radius 3 is 2.55 bits per heavy atom. The van der Waals surface area contributed by atoms with E-state index in [0.29, 0.717) is 6.42 Å². The van der Waals surface area contributed by atoms with E-state index >= 15 is 0 Å². The molecule has 56 valence electrons. The van der Waals surface area contributed by atoms with Gasteiger partial charge in [-0.1, -0.05) is 36.9 Å². The Labute approximate surface area is 66.4 Å². The molecule has 0 amide bonds. The molecule has 0 bridgehead atoms. The van der Waals surface area contributed by atoms with E-state index in [1.165, 1.54) is 6.08 Å². The van der Waals surface area contributed by atoms with Crippen molar-refractivity contribution in [3.63, 3.8) is 0 Å². The summed E-state index contributed by atoms with van der Waals surface area (Å²) in [6, 6.07) is 9.64. The molecule has 0 aliphatic heterocycles. The van der Waals surface area contributed by atoms with Gasteiger partial charge in [-0.15, -0.1) is 0 Å². The summed E-state index contributed by atoms with van der Waals surface area (Å²) in [5.41, 5.74) is 1.04. The van der Waals surface area contributed by atoms with E-state index in [1.807, 2.05) is 30.3 Å². The molecule has 0 radical (unpaired) electrons. The van der Waals surface area contributed by atoms with Crippen LogP contribution in [-0.4, -0.2) is 5.78 Å². The van der Waals surface area contributed by atoms with Crippen LogP contribution in [0.4, 0.5) is 0 Å². The quantitative estimate of drug-likeness (QED) is 0.596. The Bertz CT molecular complexity index is 249. The first-order valence-electron chi connectivity index (χ1n) is 3.52. The minimum atomic E-state index is 0.0659. The zero-order valence-electron chi connectivity index (χ0n) is 6.29. The van der Waals surface area contributed by atoms with Gasteiger partial charge in [0.15, 0.2) is 5.78 Å². The highest BCUT2D eigenvalue weighted by molar-refractivity contribution is 5.90. The van der Waals surface area contributed by atoms with E-state index in [4.69, 9.17) is 0 Å². The average molecular weight is 146 g/mol. The Morgan fingerprint density at radius 1 is 1.36 bits per heavy atom. The standard InChI is InChI=1S/C10H10O/c1-2-10(11)8-9-6-4-3-5-7-9/h2-7H,1,8H2. The summed E-state index contributed by atoms with van der Waals surface area (Å²) in [6.07, 6.45) is 1.82. The van der Waals surface area contributed by atoms with Crippen LogP contribution in [-0.2, 0) is 11.2 Å². The molecule has 1 nitrogen and oxygen atoms in total. The van der Waals surface area contributed by atoms with Crippen molar-refractivity contribution in [2.45, 2.75) is 6.42 Å². The lowest BCUT2D eigenvalue weighted by atomic mass is 10.1. The second-order valence-electron chi connectivity index (χ2n) is 2.33. The summed E-state index contributed by atoms with van der Waals surface area (Å²) in [6.45, 7) is 3.41. The third kappa shape index (κ3) is 2.38. The topological polar surface area (TPSA) is 17.1 Å². The third-order valence-corrected chi connectivity index (χ3v) is 1.45. The van der Waals surface area contributed by atoms with Gasteiger partial charge in [-0.25, -0.2) is 0 Å². The smallest absolute Gasteiger partial charge is 0.159 e. The number of allylic oxidation sites excluding steroid dienone is 1. The first-order chi connectivity index (χ1) is 5.33. The van der Waals surface area contributed by atoms with Gasteiger partial charge in [-0.05, 0) is 11.6 Å². The molecule has 0 unspecified atom stereocenters. The fourth-order valence-corrected chi connectivity index (χ4v) is 0.869. The lowest BCUT2D eigenvalue weighted by molar-refractivity contribution is -0.114. The van der Waals surface area contributed by atoms with Crippen LogP contribution in [0.2, 0.25) is 0 Å². The van der Waals surface area contributed by atoms with E-state index in [1.54, 1.807) is 0 Å². The van der Waals surface area contributed by atoms with E-state index in [9.17, 15) is 4.79 Å². The van der Waals surface area contributed by atoms with Crippen LogP contribution in [0.5, 0.6) is 0 Å². The molecule has 0 saturated heterocycles. The van der Waals surface area contributed by atoms with Gasteiger partial charge >= 0.3 is 0 Å². The van der Waals surface area contributed by atoms with Gasteiger partial charge in [0.25, 0.3) is 0 Å². The number of carbonyl (C=O) groups excluding carboxylic acids is 1. The van der Waals surface area contributed by atoms with E-state index in [-0.39, 0.29) is 5.78 Å². The van der Waals surface area contributed by atoms with Gasteiger partial charge in [0, 0.05) is 6.42 Å². The van der Waals surface area contributed by atoms with Crippen LogP contribution in [0.15, 0.2) is 43.0 Å². The largest absolute Gasteiger partial charge is 0.295 e. The molecule has 11 heavy (non-hydrogen) atoms. The van der Waals surface area contributed by atoms with Gasteiger partial charge in [0.2, 0.25) is 0 Å². The fourth-order valence-electron chi connectivity index (χ4n) is 0.869. The summed E-state index contributed by atoms with van der Waals surface area (Å²) in [4.78, 5) is 10.9. The summed E-state index contributed by atoms with van der Waals surface area (Å²) in [7, 11) is 0. The number of hydrogen-bond donors (Lipinski definition) is 0. The van der Waals surface area contributed by atoms with Crippen molar-refractivity contribution in [3.8, 4) is 0 Å². The van der Waals surface area contributed by atoms with Gasteiger partial charge in [0.1, 0.15) is 0 Å². The van der Waals surface area contributed by atoms with Crippen LogP contribution >= 0.6 is 0 Å². The lowest BCUT2D eigenvalue weighted by Crippen LogP contribution is -1.96. The van der Waals surface area contributed by atoms with Crippen molar-refractivity contribution in [3.05, 3.63) is 48.6 Å². The van der Waals surface area contributed by atoms with Crippen molar-refractivity contribution in [1.29, 1.82) is 0 Å². The lowest BCUT2D eigenvalue weighted by Gasteiger charge is -1.94. The molecular weight excluding hydrogens is 136 g/mol. The van der Waals surface area contributed by atoms with Crippen molar-refractivity contribution in [1.82, 2.24) is 0 Å². The molecule has 0 atom stereocenters. The molecule has 1 heteroatoms. The second-order valence-corrected chi connectivity index (χ2v) is 2.33. The van der Waals surface area contributed by atoms with Crippen LogP contribution in [0, 0.1) is 0 Å². The van der Waals surface area contributed by atoms with Crippen LogP contribution in [0.1, 0.15) is 5.56 Å². The maximum Gasteiger partial charge on any atom is 0.159 e. The number of ketones is 1. The number of carbonyl (C=O) groups is 1. The third-order valence-electron chi connectivity index (χ3n) is 1.45. The van der Waals surface area contributed by atoms with Gasteiger partial charge < -0.3 is 0 Å². The monoisotopic (exact) mass is 146 g/mol. The molecular formula is C10H10O. The molecule has 0 N–H and O–H groups in total. The first kappa shape index (κ1) is 7.73. The molecule has 0 aliphatic rings. The number of benzene rings is 1. The van der Waals surface area contributed by atoms with Crippen LogP contribution in [0.25, 0.3) is 0 Å². The van der Waals surface area contributed by atoms with Gasteiger partial charge in [0.05, 0.1) is 0 Å². The molecule has 1 rings (SSSR count). The predicted octanol–water partition coefficient (Wildman–Crippen LogP) is 1.98. The van der Waals surface area contributed by atoms with E-state index in [0.717, 1.165) is 5.56 Å². The minimum Gasteiger partial charge on any atom is -0.295 e. The normalized spacial score (nSPS) is 9.09. The van der Waals surface area contributed by atoms with Gasteiger partial charge in [-0.3, -0.25) is 4.79 Å².